The lowest BCUT2D eigenvalue weighted by atomic mass is 10.1. The van der Waals surface area contributed by atoms with Crippen LogP contribution in [0.1, 0.15) is 44.2 Å². The van der Waals surface area contributed by atoms with Crippen LogP contribution >= 0.6 is 11.6 Å². The van der Waals surface area contributed by atoms with Gasteiger partial charge >= 0.3 is 0 Å². The van der Waals surface area contributed by atoms with Crippen molar-refractivity contribution in [2.45, 2.75) is 39.7 Å². The molecule has 4 N–H and O–H groups in total. The van der Waals surface area contributed by atoms with E-state index in [1.165, 1.54) is 19.3 Å². The third-order valence-electron chi connectivity index (χ3n) is 3.16. The first-order valence-electron chi connectivity index (χ1n) is 7.01. The molecule has 1 aromatic carbocycles. The zero-order valence-electron chi connectivity index (χ0n) is 12.2. The lowest BCUT2D eigenvalue weighted by Crippen LogP contribution is -2.16. The first-order valence-corrected chi connectivity index (χ1v) is 7.39. The summed E-state index contributed by atoms with van der Waals surface area (Å²) in [5, 5.41) is 15.6. The van der Waals surface area contributed by atoms with E-state index in [1.807, 2.05) is 6.07 Å². The fourth-order valence-corrected chi connectivity index (χ4v) is 2.18. The van der Waals surface area contributed by atoms with E-state index in [9.17, 15) is 0 Å². The van der Waals surface area contributed by atoms with E-state index < -0.39 is 0 Å². The molecule has 0 aliphatic carbocycles. The summed E-state index contributed by atoms with van der Waals surface area (Å²) in [6.45, 7) is 6.22. The Hall–Kier alpha value is -1.26. The molecule has 0 bridgehead atoms. The molecule has 0 radical (unpaired) electrons. The number of hydrogen-bond acceptors (Lipinski definition) is 3. The van der Waals surface area contributed by atoms with Crippen LogP contribution in [0.3, 0.4) is 0 Å². The maximum absolute atomic E-state index is 8.62. The van der Waals surface area contributed by atoms with Crippen LogP contribution in [0, 0.1) is 5.92 Å². The number of nitrogens with two attached hydrogens (primary N) is 1. The summed E-state index contributed by atoms with van der Waals surface area (Å²) >= 11 is 6.18. The minimum atomic E-state index is 0.0695. The summed E-state index contributed by atoms with van der Waals surface area (Å²) in [5.41, 5.74) is 7.16. The molecule has 0 aromatic heterocycles. The van der Waals surface area contributed by atoms with Gasteiger partial charge in [-0.1, -0.05) is 55.6 Å². The van der Waals surface area contributed by atoms with E-state index in [0.29, 0.717) is 10.6 Å². The van der Waals surface area contributed by atoms with Gasteiger partial charge in [0.2, 0.25) is 0 Å². The summed E-state index contributed by atoms with van der Waals surface area (Å²) in [5.74, 6) is 0.843. The number of oxime groups is 1. The molecule has 0 saturated carbocycles. The van der Waals surface area contributed by atoms with E-state index in [-0.39, 0.29) is 5.84 Å². The monoisotopic (exact) mass is 297 g/mol. The van der Waals surface area contributed by atoms with Crippen LogP contribution in [0.25, 0.3) is 0 Å². The highest BCUT2D eigenvalue weighted by atomic mass is 35.5. The van der Waals surface area contributed by atoms with Crippen molar-refractivity contribution in [1.29, 1.82) is 0 Å². The maximum atomic E-state index is 8.62. The van der Waals surface area contributed by atoms with Crippen molar-refractivity contribution in [2.24, 2.45) is 16.8 Å². The zero-order valence-corrected chi connectivity index (χ0v) is 13.0. The minimum Gasteiger partial charge on any atom is -0.409 e. The summed E-state index contributed by atoms with van der Waals surface area (Å²) in [7, 11) is 0. The van der Waals surface area contributed by atoms with Crippen LogP contribution in [0.5, 0.6) is 0 Å². The van der Waals surface area contributed by atoms with Gasteiger partial charge in [-0.25, -0.2) is 0 Å². The van der Waals surface area contributed by atoms with E-state index >= 15 is 0 Å². The fourth-order valence-electron chi connectivity index (χ4n) is 1.93. The van der Waals surface area contributed by atoms with Crippen molar-refractivity contribution in [1.82, 2.24) is 5.32 Å². The second kappa shape index (κ2) is 8.82. The molecule has 0 heterocycles. The molecule has 5 heteroatoms. The van der Waals surface area contributed by atoms with Crippen LogP contribution in [0.15, 0.2) is 23.4 Å². The van der Waals surface area contributed by atoms with Crippen molar-refractivity contribution in [3.63, 3.8) is 0 Å². The molecule has 0 atom stereocenters. The number of halogens is 1. The van der Waals surface area contributed by atoms with Gasteiger partial charge in [0.05, 0.1) is 0 Å². The summed E-state index contributed by atoms with van der Waals surface area (Å²) < 4.78 is 0. The van der Waals surface area contributed by atoms with Gasteiger partial charge in [0.25, 0.3) is 0 Å². The molecule has 0 spiro atoms. The van der Waals surface area contributed by atoms with Gasteiger partial charge in [0.15, 0.2) is 5.84 Å². The van der Waals surface area contributed by atoms with Gasteiger partial charge in [-0.15, -0.1) is 0 Å². The zero-order chi connectivity index (χ0) is 15.0. The topological polar surface area (TPSA) is 70.6 Å². The Bertz CT molecular complexity index is 447. The molecule has 0 unspecified atom stereocenters. The van der Waals surface area contributed by atoms with Gasteiger partial charge in [-0.2, -0.15) is 0 Å². The number of nitrogens with one attached hydrogen (secondary N) is 1. The van der Waals surface area contributed by atoms with Crippen molar-refractivity contribution in [3.8, 4) is 0 Å². The number of rotatable bonds is 8. The van der Waals surface area contributed by atoms with E-state index in [0.717, 1.165) is 24.6 Å². The fraction of sp³-hybridized carbons (Fsp3) is 0.533. The standard InChI is InChI=1S/C15H24ClN3O/c1-11(2)5-3-4-8-18-10-13-7-6-12(9-14(13)16)15(17)19-20/h6-7,9,11,18,20H,3-5,8,10H2,1-2H3,(H2,17,19). The molecule has 1 aromatic rings. The number of benzene rings is 1. The van der Waals surface area contributed by atoms with Gasteiger partial charge < -0.3 is 16.3 Å². The Morgan fingerprint density at radius 2 is 2.15 bits per heavy atom. The Morgan fingerprint density at radius 1 is 1.40 bits per heavy atom. The first kappa shape index (κ1) is 16.8. The Morgan fingerprint density at radius 3 is 2.75 bits per heavy atom. The summed E-state index contributed by atoms with van der Waals surface area (Å²) in [4.78, 5) is 0. The van der Waals surface area contributed by atoms with Crippen LogP contribution in [-0.4, -0.2) is 17.6 Å². The second-order valence-corrected chi connectivity index (χ2v) is 5.77. The number of hydrogen-bond donors (Lipinski definition) is 3. The first-order chi connectivity index (χ1) is 9.54. The Labute approximate surface area is 126 Å². The molecule has 20 heavy (non-hydrogen) atoms. The second-order valence-electron chi connectivity index (χ2n) is 5.36. The van der Waals surface area contributed by atoms with Crippen LogP contribution < -0.4 is 11.1 Å². The molecular formula is C15H24ClN3O. The Kier molecular flexibility index (Phi) is 7.41. The van der Waals surface area contributed by atoms with Crippen molar-refractivity contribution in [2.75, 3.05) is 6.54 Å². The number of amidine groups is 1. The predicted octanol–water partition coefficient (Wildman–Crippen LogP) is 3.35. The van der Waals surface area contributed by atoms with E-state index in [4.69, 9.17) is 22.5 Å². The largest absolute Gasteiger partial charge is 0.409 e. The van der Waals surface area contributed by atoms with Crippen LogP contribution in [0.2, 0.25) is 5.02 Å². The molecule has 1 rings (SSSR count). The lowest BCUT2D eigenvalue weighted by molar-refractivity contribution is 0.318. The molecule has 0 amide bonds. The molecule has 0 aliphatic rings. The lowest BCUT2D eigenvalue weighted by Gasteiger charge is -2.09. The third kappa shape index (κ3) is 5.80. The minimum absolute atomic E-state index is 0.0695. The molecule has 0 saturated heterocycles. The van der Waals surface area contributed by atoms with Crippen LogP contribution in [0.4, 0.5) is 0 Å². The quantitative estimate of drug-likeness (QED) is 0.226. The highest BCUT2D eigenvalue weighted by Gasteiger charge is 2.04. The van der Waals surface area contributed by atoms with Gasteiger partial charge in [-0.05, 0) is 30.5 Å². The third-order valence-corrected chi connectivity index (χ3v) is 3.51. The smallest absolute Gasteiger partial charge is 0.170 e. The average Bonchev–Trinajstić information content (AvgIpc) is 2.42. The molecule has 0 aliphatic heterocycles. The van der Waals surface area contributed by atoms with E-state index in [2.05, 4.69) is 24.3 Å². The average molecular weight is 298 g/mol. The van der Waals surface area contributed by atoms with Gasteiger partial charge in [0.1, 0.15) is 0 Å². The molecule has 0 fully saturated rings. The summed E-state index contributed by atoms with van der Waals surface area (Å²) in [6.07, 6.45) is 3.70. The van der Waals surface area contributed by atoms with Crippen molar-refractivity contribution < 1.29 is 5.21 Å². The van der Waals surface area contributed by atoms with Crippen molar-refractivity contribution in [3.05, 3.63) is 34.3 Å². The normalized spacial score (nSPS) is 12.1. The van der Waals surface area contributed by atoms with E-state index in [1.54, 1.807) is 12.1 Å². The highest BCUT2D eigenvalue weighted by molar-refractivity contribution is 6.31. The van der Waals surface area contributed by atoms with Gasteiger partial charge in [-0.3, -0.25) is 0 Å². The highest BCUT2D eigenvalue weighted by Crippen LogP contribution is 2.17. The van der Waals surface area contributed by atoms with Crippen LogP contribution in [-0.2, 0) is 6.54 Å². The molecule has 4 nitrogen and oxygen atoms in total. The number of unbranched alkanes of at least 4 members (excludes halogenated alkanes) is 1. The SMILES string of the molecule is CC(C)CCCCNCc1ccc(/C(N)=N/O)cc1Cl. The van der Waals surface area contributed by atoms with Gasteiger partial charge in [0, 0.05) is 17.1 Å². The molecular weight excluding hydrogens is 274 g/mol. The summed E-state index contributed by atoms with van der Waals surface area (Å²) in [6, 6.07) is 5.42. The predicted molar refractivity (Wildman–Crippen MR) is 84.4 cm³/mol. The molecule has 112 valence electrons. The van der Waals surface area contributed by atoms with Crippen molar-refractivity contribution >= 4 is 17.4 Å². The maximum Gasteiger partial charge on any atom is 0.170 e. The Balaban J connectivity index is 2.38. The number of nitrogens with zero attached hydrogens (tertiary/aromatic N) is 1.